The fraction of sp³-hybridized carbons (Fsp3) is 0.300. The zero-order chi connectivity index (χ0) is 13.1. The lowest BCUT2D eigenvalue weighted by Gasteiger charge is -2.07. The van der Waals surface area contributed by atoms with Crippen molar-refractivity contribution in [2.24, 2.45) is 5.73 Å². The van der Waals surface area contributed by atoms with Crippen LogP contribution in [0.15, 0.2) is 16.2 Å². The molecule has 0 saturated heterocycles. The summed E-state index contributed by atoms with van der Waals surface area (Å²) in [4.78, 5) is 29.1. The van der Waals surface area contributed by atoms with Crippen LogP contribution in [0, 0.1) is 0 Å². The number of thiophene rings is 1. The second-order valence-electron chi connectivity index (χ2n) is 3.70. The Morgan fingerprint density at radius 3 is 3.17 bits per heavy atom. The molecule has 0 aliphatic carbocycles. The van der Waals surface area contributed by atoms with Gasteiger partial charge in [0.15, 0.2) is 0 Å². The van der Waals surface area contributed by atoms with E-state index in [9.17, 15) is 14.7 Å². The highest BCUT2D eigenvalue weighted by Gasteiger charge is 2.10. The maximum Gasteiger partial charge on any atom is 0.268 e. The van der Waals surface area contributed by atoms with Crippen molar-refractivity contribution in [2.75, 3.05) is 6.54 Å². The Bertz CT molecular complexity index is 621. The maximum absolute atomic E-state index is 11.6. The zero-order valence-corrected chi connectivity index (χ0v) is 10.2. The lowest BCUT2D eigenvalue weighted by Crippen LogP contribution is -2.37. The first-order chi connectivity index (χ1) is 8.58. The van der Waals surface area contributed by atoms with Crippen LogP contribution in [-0.2, 0) is 11.3 Å². The summed E-state index contributed by atoms with van der Waals surface area (Å²) >= 11 is 1.33. The minimum absolute atomic E-state index is 0.0146. The normalized spacial score (nSPS) is 12.7. The number of hydrogen-bond donors (Lipinski definition) is 4. The topological polar surface area (TPSA) is 121 Å². The quantitative estimate of drug-likeness (QED) is 0.549. The summed E-state index contributed by atoms with van der Waals surface area (Å²) in [6.07, 6.45) is -1.25. The average molecular weight is 268 g/mol. The third kappa shape index (κ3) is 2.73. The predicted molar refractivity (Wildman–Crippen MR) is 67.1 cm³/mol. The summed E-state index contributed by atoms with van der Waals surface area (Å²) < 4.78 is 0.580. The van der Waals surface area contributed by atoms with Gasteiger partial charge in [-0.05, 0) is 11.4 Å². The monoisotopic (exact) mass is 268 g/mol. The number of aliphatic hydroxyl groups is 1. The summed E-state index contributed by atoms with van der Waals surface area (Å²) in [5.41, 5.74) is 5.34. The van der Waals surface area contributed by atoms with E-state index in [0.29, 0.717) is 16.0 Å². The lowest BCUT2D eigenvalue weighted by molar-refractivity contribution is -0.125. The van der Waals surface area contributed by atoms with Gasteiger partial charge in [0.05, 0.1) is 12.1 Å². The number of H-pyrrole nitrogens is 1. The Kier molecular flexibility index (Phi) is 3.70. The molecule has 5 N–H and O–H groups in total. The molecule has 0 aliphatic rings. The Morgan fingerprint density at radius 1 is 1.67 bits per heavy atom. The summed E-state index contributed by atoms with van der Waals surface area (Å²) in [5.74, 6) is -0.347. The number of amides is 1. The first-order valence-corrected chi connectivity index (χ1v) is 6.10. The molecule has 0 spiro atoms. The van der Waals surface area contributed by atoms with Crippen LogP contribution in [0.4, 0.5) is 0 Å². The van der Waals surface area contributed by atoms with Crippen molar-refractivity contribution in [2.45, 2.75) is 12.6 Å². The Labute approximate surface area is 106 Å². The molecule has 2 aromatic heterocycles. The van der Waals surface area contributed by atoms with Gasteiger partial charge in [0.1, 0.15) is 16.6 Å². The minimum atomic E-state index is -1.25. The molecule has 1 unspecified atom stereocenters. The van der Waals surface area contributed by atoms with Crippen molar-refractivity contribution in [3.63, 3.8) is 0 Å². The number of nitrogens with two attached hydrogens (primary N) is 1. The molecule has 0 bridgehead atoms. The second kappa shape index (κ2) is 5.25. The Hall–Kier alpha value is -1.77. The van der Waals surface area contributed by atoms with E-state index < -0.39 is 12.0 Å². The van der Waals surface area contributed by atoms with E-state index >= 15 is 0 Å². The number of carbonyl (C=O) groups excluding carboxylic acids is 1. The highest BCUT2D eigenvalue weighted by Crippen LogP contribution is 2.13. The number of aromatic nitrogens is 2. The number of primary amides is 1. The minimum Gasteiger partial charge on any atom is -0.382 e. The van der Waals surface area contributed by atoms with Gasteiger partial charge < -0.3 is 21.1 Å². The number of rotatable bonds is 5. The molecular weight excluding hydrogens is 256 g/mol. The van der Waals surface area contributed by atoms with E-state index in [1.165, 1.54) is 11.3 Å². The third-order valence-electron chi connectivity index (χ3n) is 2.32. The molecule has 0 fully saturated rings. The van der Waals surface area contributed by atoms with Gasteiger partial charge in [-0.25, -0.2) is 4.98 Å². The standard InChI is InChI=1S/C10H12N4O3S/c11-9(16)6(15)3-12-4-7-13-5-1-2-18-8(5)10(17)14-7/h1-2,6,12,15H,3-4H2,(H2,11,16)(H,13,14,17). The molecule has 2 rings (SSSR count). The van der Waals surface area contributed by atoms with Crippen LogP contribution in [-0.4, -0.2) is 33.6 Å². The Balaban J connectivity index is 2.04. The van der Waals surface area contributed by atoms with Crippen LogP contribution in [0.3, 0.4) is 0 Å². The van der Waals surface area contributed by atoms with Gasteiger partial charge in [-0.1, -0.05) is 0 Å². The van der Waals surface area contributed by atoms with Crippen molar-refractivity contribution in [1.82, 2.24) is 15.3 Å². The van der Waals surface area contributed by atoms with Gasteiger partial charge in [-0.2, -0.15) is 0 Å². The van der Waals surface area contributed by atoms with Crippen LogP contribution in [0.2, 0.25) is 0 Å². The molecule has 0 aromatic carbocycles. The van der Waals surface area contributed by atoms with E-state index in [0.717, 1.165) is 0 Å². The molecule has 8 heteroatoms. The van der Waals surface area contributed by atoms with Gasteiger partial charge >= 0.3 is 0 Å². The van der Waals surface area contributed by atoms with Crippen molar-refractivity contribution in [3.8, 4) is 0 Å². The molecule has 0 radical (unpaired) electrons. The van der Waals surface area contributed by atoms with Crippen molar-refractivity contribution in [3.05, 3.63) is 27.6 Å². The number of fused-ring (bicyclic) bond motifs is 1. The molecule has 2 aromatic rings. The van der Waals surface area contributed by atoms with Crippen LogP contribution in [0.25, 0.3) is 10.2 Å². The summed E-state index contributed by atoms with van der Waals surface area (Å²) in [5, 5.41) is 13.7. The van der Waals surface area contributed by atoms with Crippen LogP contribution in [0.1, 0.15) is 5.82 Å². The summed E-state index contributed by atoms with van der Waals surface area (Å²) in [6.45, 7) is 0.256. The fourth-order valence-corrected chi connectivity index (χ4v) is 2.16. The number of nitrogens with zero attached hydrogens (tertiary/aromatic N) is 1. The molecule has 0 aliphatic heterocycles. The van der Waals surface area contributed by atoms with Crippen molar-refractivity contribution < 1.29 is 9.90 Å². The number of carbonyl (C=O) groups is 1. The molecule has 1 amide bonds. The molecule has 1 atom stereocenters. The van der Waals surface area contributed by atoms with E-state index in [-0.39, 0.29) is 18.6 Å². The van der Waals surface area contributed by atoms with Gasteiger partial charge in [0.25, 0.3) is 5.56 Å². The van der Waals surface area contributed by atoms with E-state index in [4.69, 9.17) is 5.73 Å². The summed E-state index contributed by atoms with van der Waals surface area (Å²) in [7, 11) is 0. The van der Waals surface area contributed by atoms with E-state index in [2.05, 4.69) is 15.3 Å². The number of aromatic amines is 1. The fourth-order valence-electron chi connectivity index (χ4n) is 1.43. The number of aliphatic hydroxyl groups excluding tert-OH is 1. The highest BCUT2D eigenvalue weighted by atomic mass is 32.1. The molecular formula is C10H12N4O3S. The molecule has 96 valence electrons. The zero-order valence-electron chi connectivity index (χ0n) is 9.34. The van der Waals surface area contributed by atoms with Gasteiger partial charge in [-0.3, -0.25) is 9.59 Å². The summed E-state index contributed by atoms with van der Waals surface area (Å²) in [6, 6.07) is 1.76. The van der Waals surface area contributed by atoms with Crippen molar-refractivity contribution >= 4 is 27.5 Å². The number of hydrogen-bond acceptors (Lipinski definition) is 6. The highest BCUT2D eigenvalue weighted by molar-refractivity contribution is 7.17. The first-order valence-electron chi connectivity index (χ1n) is 5.22. The van der Waals surface area contributed by atoms with Gasteiger partial charge in [0, 0.05) is 6.54 Å². The van der Waals surface area contributed by atoms with Gasteiger partial charge in [-0.15, -0.1) is 11.3 Å². The average Bonchev–Trinajstić information content (AvgIpc) is 2.77. The van der Waals surface area contributed by atoms with E-state index in [1.807, 2.05) is 0 Å². The first kappa shape index (κ1) is 12.7. The van der Waals surface area contributed by atoms with Crippen LogP contribution >= 0.6 is 11.3 Å². The smallest absolute Gasteiger partial charge is 0.268 e. The number of nitrogens with one attached hydrogen (secondary N) is 2. The largest absolute Gasteiger partial charge is 0.382 e. The molecule has 0 saturated carbocycles. The van der Waals surface area contributed by atoms with Gasteiger partial charge in [0.2, 0.25) is 5.91 Å². The van der Waals surface area contributed by atoms with Crippen LogP contribution < -0.4 is 16.6 Å². The molecule has 2 heterocycles. The lowest BCUT2D eigenvalue weighted by atomic mass is 10.3. The predicted octanol–water partition coefficient (Wildman–Crippen LogP) is -1.08. The molecule has 18 heavy (non-hydrogen) atoms. The van der Waals surface area contributed by atoms with Crippen LogP contribution in [0.5, 0.6) is 0 Å². The van der Waals surface area contributed by atoms with Crippen molar-refractivity contribution in [1.29, 1.82) is 0 Å². The maximum atomic E-state index is 11.6. The third-order valence-corrected chi connectivity index (χ3v) is 3.22. The molecule has 7 nitrogen and oxygen atoms in total. The second-order valence-corrected chi connectivity index (χ2v) is 4.61. The SMILES string of the molecule is NC(=O)C(O)CNCc1nc2ccsc2c(=O)[nH]1. The van der Waals surface area contributed by atoms with E-state index in [1.54, 1.807) is 11.4 Å². The Morgan fingerprint density at radius 2 is 2.44 bits per heavy atom.